The van der Waals surface area contributed by atoms with E-state index < -0.39 is 19.8 Å². The second kappa shape index (κ2) is 6.70. The Hall–Kier alpha value is -1.54. The summed E-state index contributed by atoms with van der Waals surface area (Å²) in [5.74, 6) is 0. The van der Waals surface area contributed by atoms with Gasteiger partial charge in [0.05, 0.1) is 0 Å². The topological polar surface area (TPSA) is 0 Å². The minimum absolute atomic E-state index is 0.0754. The Kier molecular flexibility index (Phi) is 4.68. The Balaban J connectivity index is 2.34. The van der Waals surface area contributed by atoms with Crippen LogP contribution in [0.3, 0.4) is 0 Å². The van der Waals surface area contributed by atoms with Gasteiger partial charge in [-0.15, -0.1) is 0 Å². The van der Waals surface area contributed by atoms with Crippen molar-refractivity contribution >= 4 is 19.8 Å². The molecule has 0 aliphatic heterocycles. The summed E-state index contributed by atoms with van der Waals surface area (Å²) in [6.07, 6.45) is 0. The van der Waals surface area contributed by atoms with Gasteiger partial charge in [-0.25, -0.2) is 0 Å². The molecule has 0 nitrogen and oxygen atoms in total. The normalized spacial score (nSPS) is 11.6. The van der Waals surface area contributed by atoms with Crippen LogP contribution in [0.2, 0.25) is 9.88 Å². The molecule has 109 valence electrons. The van der Waals surface area contributed by atoms with Gasteiger partial charge in [-0.05, 0) is 0 Å². The fraction of sp³-hybridized carbons (Fsp3) is 0.143. The molecule has 3 aromatic rings. The molecule has 0 unspecified atom stereocenters. The summed E-state index contributed by atoms with van der Waals surface area (Å²) >= 11 is -1.74. The molecular weight excluding hydrogens is 371 g/mol. The van der Waals surface area contributed by atoms with E-state index in [2.05, 4.69) is 101 Å². The summed E-state index contributed by atoms with van der Waals surface area (Å²) < 4.78 is 0.0754. The molecule has 0 atom stereocenters. The van der Waals surface area contributed by atoms with Gasteiger partial charge in [0.15, 0.2) is 0 Å². The summed E-state index contributed by atoms with van der Waals surface area (Å²) in [7, 11) is 0. The van der Waals surface area contributed by atoms with Crippen molar-refractivity contribution in [2.75, 3.05) is 0 Å². The van der Waals surface area contributed by atoms with Crippen molar-refractivity contribution in [3.05, 3.63) is 108 Å². The first kappa shape index (κ1) is 15.4. The zero-order valence-electron chi connectivity index (χ0n) is 13.2. The van der Waals surface area contributed by atoms with Crippen molar-refractivity contribution < 1.29 is 0 Å². The molecule has 0 amide bonds. The number of hydrogen-bond donors (Lipinski definition) is 0. The van der Waals surface area contributed by atoms with Gasteiger partial charge in [-0.2, -0.15) is 0 Å². The van der Waals surface area contributed by atoms with Crippen LogP contribution < -0.4 is 0 Å². The average Bonchev–Trinajstić information content (AvgIpc) is 2.58. The van der Waals surface area contributed by atoms with E-state index in [4.69, 9.17) is 0 Å². The number of benzene rings is 3. The Bertz CT molecular complexity index is 606. The number of rotatable bonds is 4. The van der Waals surface area contributed by atoms with Gasteiger partial charge in [0, 0.05) is 0 Å². The van der Waals surface area contributed by atoms with Crippen molar-refractivity contribution in [1.29, 1.82) is 0 Å². The van der Waals surface area contributed by atoms with Gasteiger partial charge in [0.1, 0.15) is 0 Å². The molecule has 0 spiro atoms. The summed E-state index contributed by atoms with van der Waals surface area (Å²) in [4.78, 5) is 5.02. The van der Waals surface area contributed by atoms with Crippen molar-refractivity contribution in [2.24, 2.45) is 0 Å². The van der Waals surface area contributed by atoms with Gasteiger partial charge >= 0.3 is 141 Å². The molecule has 22 heavy (non-hydrogen) atoms. The van der Waals surface area contributed by atoms with Crippen molar-refractivity contribution in [1.82, 2.24) is 0 Å². The third kappa shape index (κ3) is 2.61. The van der Waals surface area contributed by atoms with Gasteiger partial charge in [0.25, 0.3) is 0 Å². The molecule has 1 radical (unpaired) electrons. The van der Waals surface area contributed by atoms with E-state index in [9.17, 15) is 0 Å². The molecule has 0 bridgehead atoms. The fourth-order valence-electron chi connectivity index (χ4n) is 3.43. The Morgan fingerprint density at radius 3 is 1.00 bits per heavy atom. The van der Waals surface area contributed by atoms with E-state index in [1.807, 2.05) is 0 Å². The maximum absolute atomic E-state index is 2.51. The van der Waals surface area contributed by atoms with Crippen LogP contribution in [0.5, 0.6) is 0 Å². The zero-order chi connectivity index (χ0) is 15.4. The van der Waals surface area contributed by atoms with Crippen LogP contribution in [0.1, 0.15) is 16.7 Å². The fourth-order valence-corrected chi connectivity index (χ4v) is 9.80. The Morgan fingerprint density at radius 2 is 0.773 bits per heavy atom. The Morgan fingerprint density at radius 1 is 0.500 bits per heavy atom. The summed E-state index contributed by atoms with van der Waals surface area (Å²) in [5.41, 5.74) is 4.31. The minimum atomic E-state index is -1.74. The van der Waals surface area contributed by atoms with E-state index >= 15 is 0 Å². The quantitative estimate of drug-likeness (QED) is 0.417. The van der Waals surface area contributed by atoms with E-state index in [0.29, 0.717) is 0 Å². The van der Waals surface area contributed by atoms with Crippen molar-refractivity contribution in [3.8, 4) is 0 Å². The zero-order valence-corrected chi connectivity index (χ0v) is 16.0. The molecule has 0 aliphatic carbocycles. The first-order valence-corrected chi connectivity index (χ1v) is 14.9. The molecule has 1 heteroatoms. The summed E-state index contributed by atoms with van der Waals surface area (Å²) in [5, 5.41) is 0. The molecule has 0 N–H and O–H groups in total. The molecule has 0 saturated carbocycles. The van der Waals surface area contributed by atoms with Gasteiger partial charge < -0.3 is 0 Å². The van der Waals surface area contributed by atoms with Gasteiger partial charge in [-0.1, -0.05) is 0 Å². The standard InChI is InChI=1S/C19H15.2CH3.Sn/c1-4-10-16(11-5-1)19(17-12-6-2-7-13-17)18-14-8-3-9-15-18;;;/h1-15H;2*1H3;. The summed E-state index contributed by atoms with van der Waals surface area (Å²) in [6.45, 7) is 0. The molecule has 3 rings (SSSR count). The van der Waals surface area contributed by atoms with Crippen LogP contribution in [-0.2, 0) is 3.43 Å². The third-order valence-electron chi connectivity index (χ3n) is 4.37. The van der Waals surface area contributed by atoms with Crippen LogP contribution in [0.15, 0.2) is 91.0 Å². The van der Waals surface area contributed by atoms with E-state index in [1.165, 1.54) is 16.7 Å². The summed E-state index contributed by atoms with van der Waals surface area (Å²) in [6, 6.07) is 33.1. The molecule has 0 saturated heterocycles. The molecule has 0 aromatic heterocycles. The first-order chi connectivity index (χ1) is 10.8. The van der Waals surface area contributed by atoms with Crippen molar-refractivity contribution in [2.45, 2.75) is 13.3 Å². The predicted octanol–water partition coefficient (Wildman–Crippen LogP) is 5.31. The van der Waals surface area contributed by atoms with Gasteiger partial charge in [0.2, 0.25) is 0 Å². The second-order valence-electron chi connectivity index (χ2n) is 5.85. The van der Waals surface area contributed by atoms with E-state index in [0.717, 1.165) is 0 Å². The van der Waals surface area contributed by atoms with Crippen LogP contribution in [0.25, 0.3) is 0 Å². The maximum atomic E-state index is 2.51. The van der Waals surface area contributed by atoms with E-state index in [-0.39, 0.29) is 3.43 Å². The molecule has 0 heterocycles. The van der Waals surface area contributed by atoms with Crippen LogP contribution in [0, 0.1) is 0 Å². The molecule has 0 fully saturated rings. The predicted molar refractivity (Wildman–Crippen MR) is 96.7 cm³/mol. The SMILES string of the molecule is [CH3][Sn]([CH3])[C](c1ccccc1)(c1ccccc1)c1ccccc1. The average molecular weight is 392 g/mol. The molecule has 0 aliphatic rings. The first-order valence-electron chi connectivity index (χ1n) is 7.73. The Labute approximate surface area is 140 Å². The molecular formula is C21H21Sn. The van der Waals surface area contributed by atoms with Crippen LogP contribution in [-0.4, -0.2) is 19.8 Å². The molecule has 3 aromatic carbocycles. The van der Waals surface area contributed by atoms with Crippen LogP contribution in [0.4, 0.5) is 0 Å². The van der Waals surface area contributed by atoms with Gasteiger partial charge in [-0.3, -0.25) is 0 Å². The number of hydrogen-bond acceptors (Lipinski definition) is 0. The van der Waals surface area contributed by atoms with Crippen LogP contribution >= 0.6 is 0 Å². The van der Waals surface area contributed by atoms with Crippen molar-refractivity contribution in [3.63, 3.8) is 0 Å². The third-order valence-corrected chi connectivity index (χ3v) is 11.1. The monoisotopic (exact) mass is 393 g/mol. The van der Waals surface area contributed by atoms with E-state index in [1.54, 1.807) is 0 Å². The second-order valence-corrected chi connectivity index (χ2v) is 13.7.